The first-order chi connectivity index (χ1) is 17.5. The zero-order valence-electron chi connectivity index (χ0n) is 19.2. The van der Waals surface area contributed by atoms with Crippen molar-refractivity contribution in [2.75, 3.05) is 22.5 Å². The van der Waals surface area contributed by atoms with E-state index in [1.165, 1.54) is 52.5 Å². The van der Waals surface area contributed by atoms with Crippen molar-refractivity contribution in [1.29, 1.82) is 0 Å². The van der Waals surface area contributed by atoms with Gasteiger partial charge in [0, 0.05) is 29.8 Å². The zero-order chi connectivity index (χ0) is 26.9. The van der Waals surface area contributed by atoms with E-state index in [1.807, 2.05) is 0 Å². The highest BCUT2D eigenvalue weighted by atomic mass is 32.2. The molecule has 2 unspecified atom stereocenters. The monoisotopic (exact) mass is 568 g/mol. The van der Waals surface area contributed by atoms with E-state index in [0.717, 1.165) is 11.2 Å². The van der Waals surface area contributed by atoms with Gasteiger partial charge in [0.2, 0.25) is 15.2 Å². The number of carboxylic acid groups (broad SMARTS) is 1. The van der Waals surface area contributed by atoms with Crippen LogP contribution >= 0.6 is 23.5 Å². The number of thioether (sulfide) groups is 2. The van der Waals surface area contributed by atoms with E-state index in [9.17, 15) is 33.1 Å². The molecule has 196 valence electrons. The van der Waals surface area contributed by atoms with Gasteiger partial charge in [-0.15, -0.1) is 16.9 Å². The molecular weight excluding hydrogens is 548 g/mol. The van der Waals surface area contributed by atoms with Gasteiger partial charge in [-0.2, -0.15) is 0 Å². The molecule has 1 saturated heterocycles. The van der Waals surface area contributed by atoms with Crippen LogP contribution in [-0.2, 0) is 31.5 Å². The normalized spacial score (nSPS) is 19.8. The molecule has 2 amide bonds. The standard InChI is InChI=1S/C19H20N8O7S3/c1-26-19(21-24-25-26)36-8-10-7-35-17-13(16(29)27(17)14(10)18(30)31)20-15(28)12(22-32)9-3-5-11(6-4-9)23-37(2,33)34/h3-6,13,17,23,32H,7-8H2,1-2H3,(H,20,28)(H,30,31)/b22-12-. The highest BCUT2D eigenvalue weighted by Gasteiger charge is 2.54. The molecule has 1 fully saturated rings. The van der Waals surface area contributed by atoms with Gasteiger partial charge in [-0.1, -0.05) is 29.1 Å². The summed E-state index contributed by atoms with van der Waals surface area (Å²) in [5.74, 6) is -2.19. The predicted molar refractivity (Wildman–Crippen MR) is 132 cm³/mol. The van der Waals surface area contributed by atoms with Crippen molar-refractivity contribution in [3.8, 4) is 0 Å². The fourth-order valence-electron chi connectivity index (χ4n) is 3.64. The molecule has 0 aliphatic carbocycles. The number of β-lactam (4-membered cyclic amide) rings is 1. The number of amides is 2. The minimum absolute atomic E-state index is 0.146. The number of aliphatic carboxylic acids is 1. The van der Waals surface area contributed by atoms with Crippen LogP contribution in [0.5, 0.6) is 0 Å². The van der Waals surface area contributed by atoms with Crippen LogP contribution in [0.4, 0.5) is 5.69 Å². The van der Waals surface area contributed by atoms with Gasteiger partial charge in [0.25, 0.3) is 11.8 Å². The third kappa shape index (κ3) is 5.54. The summed E-state index contributed by atoms with van der Waals surface area (Å²) in [6.45, 7) is 0. The number of hydrogen-bond donors (Lipinski definition) is 4. The summed E-state index contributed by atoms with van der Waals surface area (Å²) < 4.78 is 26.4. The molecule has 3 heterocycles. The van der Waals surface area contributed by atoms with Crippen LogP contribution in [-0.4, -0.2) is 96.5 Å². The second-order valence-electron chi connectivity index (χ2n) is 7.89. The van der Waals surface area contributed by atoms with Crippen molar-refractivity contribution in [1.82, 2.24) is 30.4 Å². The van der Waals surface area contributed by atoms with E-state index in [4.69, 9.17) is 0 Å². The lowest BCUT2D eigenvalue weighted by Gasteiger charge is -2.49. The zero-order valence-corrected chi connectivity index (χ0v) is 21.7. The predicted octanol–water partition coefficient (Wildman–Crippen LogP) is -0.709. The number of nitrogens with zero attached hydrogens (tertiary/aromatic N) is 6. The Morgan fingerprint density at radius 3 is 2.57 bits per heavy atom. The number of sulfonamides is 1. The smallest absolute Gasteiger partial charge is 0.352 e. The number of carboxylic acids is 1. The quantitative estimate of drug-likeness (QED) is 0.0972. The number of rotatable bonds is 9. The second-order valence-corrected chi connectivity index (χ2v) is 11.7. The molecular formula is C19H20N8O7S3. The first kappa shape index (κ1) is 26.4. The molecule has 0 radical (unpaired) electrons. The van der Waals surface area contributed by atoms with E-state index in [2.05, 4.69) is 30.7 Å². The van der Waals surface area contributed by atoms with Crippen LogP contribution < -0.4 is 10.0 Å². The van der Waals surface area contributed by atoms with Gasteiger partial charge in [-0.05, 0) is 28.1 Å². The average molecular weight is 569 g/mol. The topological polar surface area (TPSA) is 209 Å². The van der Waals surface area contributed by atoms with Gasteiger partial charge in [-0.3, -0.25) is 19.2 Å². The molecule has 2 aliphatic heterocycles. The van der Waals surface area contributed by atoms with Gasteiger partial charge in [0.15, 0.2) is 5.71 Å². The summed E-state index contributed by atoms with van der Waals surface area (Å²) in [6, 6.07) is 4.46. The van der Waals surface area contributed by atoms with Gasteiger partial charge in [0.1, 0.15) is 17.1 Å². The van der Waals surface area contributed by atoms with Crippen LogP contribution in [0, 0.1) is 0 Å². The molecule has 0 spiro atoms. The lowest BCUT2D eigenvalue weighted by Crippen LogP contribution is -2.71. The Labute approximate surface area is 218 Å². The van der Waals surface area contributed by atoms with Crippen LogP contribution in [0.1, 0.15) is 5.56 Å². The molecule has 2 aromatic rings. The van der Waals surface area contributed by atoms with Crippen molar-refractivity contribution in [3.63, 3.8) is 0 Å². The summed E-state index contributed by atoms with van der Waals surface area (Å²) in [6.07, 6.45) is 0.985. The van der Waals surface area contributed by atoms with Crippen molar-refractivity contribution >= 4 is 62.7 Å². The summed E-state index contributed by atoms with van der Waals surface area (Å²) in [5.41, 5.74) is 0.376. The number of carbonyl (C=O) groups excluding carboxylic acids is 2. The molecule has 2 atom stereocenters. The Balaban J connectivity index is 1.45. The number of nitrogens with one attached hydrogen (secondary N) is 2. The van der Waals surface area contributed by atoms with Gasteiger partial charge in [0.05, 0.1) is 6.26 Å². The highest BCUT2D eigenvalue weighted by molar-refractivity contribution is 8.01. The van der Waals surface area contributed by atoms with Crippen molar-refractivity contribution < 1.29 is 33.1 Å². The molecule has 1 aromatic heterocycles. The number of benzene rings is 1. The highest BCUT2D eigenvalue weighted by Crippen LogP contribution is 2.41. The van der Waals surface area contributed by atoms with Crippen LogP contribution in [0.3, 0.4) is 0 Å². The summed E-state index contributed by atoms with van der Waals surface area (Å²) in [4.78, 5) is 38.9. The number of hydrogen-bond acceptors (Lipinski definition) is 12. The Kier molecular flexibility index (Phi) is 7.42. The largest absolute Gasteiger partial charge is 0.477 e. The minimum Gasteiger partial charge on any atom is -0.477 e. The molecule has 4 N–H and O–H groups in total. The van der Waals surface area contributed by atoms with E-state index < -0.39 is 44.9 Å². The fourth-order valence-corrected chi connectivity index (χ4v) is 6.54. The number of carbonyl (C=O) groups is 3. The number of oxime groups is 1. The van der Waals surface area contributed by atoms with Gasteiger partial charge < -0.3 is 15.6 Å². The van der Waals surface area contributed by atoms with Gasteiger partial charge in [-0.25, -0.2) is 17.9 Å². The molecule has 18 heteroatoms. The number of aryl methyl sites for hydroxylation is 1. The molecule has 15 nitrogen and oxygen atoms in total. The molecule has 4 rings (SSSR count). The third-order valence-electron chi connectivity index (χ3n) is 5.27. The number of fused-ring (bicyclic) bond motifs is 1. The molecule has 0 saturated carbocycles. The first-order valence-corrected chi connectivity index (χ1v) is 14.3. The Morgan fingerprint density at radius 1 is 1.30 bits per heavy atom. The van der Waals surface area contributed by atoms with Crippen molar-refractivity contribution in [2.45, 2.75) is 16.6 Å². The number of tetrazole rings is 1. The van der Waals surface area contributed by atoms with E-state index in [-0.39, 0.29) is 22.7 Å². The first-order valence-electron chi connectivity index (χ1n) is 10.4. The number of anilines is 1. The van der Waals surface area contributed by atoms with Crippen LogP contribution in [0.25, 0.3) is 0 Å². The van der Waals surface area contributed by atoms with Crippen LogP contribution in [0.15, 0.2) is 45.8 Å². The molecule has 37 heavy (non-hydrogen) atoms. The number of aromatic nitrogens is 4. The molecule has 0 bridgehead atoms. The van der Waals surface area contributed by atoms with Crippen molar-refractivity contribution in [2.24, 2.45) is 12.2 Å². The maximum absolute atomic E-state index is 12.9. The Bertz CT molecular complexity index is 1420. The minimum atomic E-state index is -3.50. The molecule has 1 aromatic carbocycles. The van der Waals surface area contributed by atoms with E-state index in [1.54, 1.807) is 7.05 Å². The van der Waals surface area contributed by atoms with E-state index >= 15 is 0 Å². The SMILES string of the molecule is Cn1nnnc1SCC1=C(C(=O)O)N2C(=O)C(NC(=O)/C(=N\O)c3ccc(NS(C)(=O)=O)cc3)C2SC1. The lowest BCUT2D eigenvalue weighted by atomic mass is 10.0. The Hall–Kier alpha value is -3.64. The lowest BCUT2D eigenvalue weighted by molar-refractivity contribution is -0.150. The van der Waals surface area contributed by atoms with E-state index in [0.29, 0.717) is 16.5 Å². The average Bonchev–Trinajstić information content (AvgIpc) is 3.25. The van der Waals surface area contributed by atoms with Gasteiger partial charge >= 0.3 is 5.97 Å². The maximum Gasteiger partial charge on any atom is 0.352 e. The molecule has 2 aliphatic rings. The second kappa shape index (κ2) is 10.4. The Morgan fingerprint density at radius 2 is 2.00 bits per heavy atom. The summed E-state index contributed by atoms with van der Waals surface area (Å²) >= 11 is 2.52. The fraction of sp³-hybridized carbons (Fsp3) is 0.316. The van der Waals surface area contributed by atoms with Crippen molar-refractivity contribution in [3.05, 3.63) is 41.1 Å². The maximum atomic E-state index is 12.9. The summed E-state index contributed by atoms with van der Waals surface area (Å²) in [5, 5.41) is 35.7. The summed E-state index contributed by atoms with van der Waals surface area (Å²) in [7, 11) is -1.85. The third-order valence-corrected chi connectivity index (χ3v) is 8.31. The van der Waals surface area contributed by atoms with Crippen LogP contribution in [0.2, 0.25) is 0 Å².